The molecular formula is C13H17ClN2O4. The number of nitrogens with one attached hydrogen (secondary N) is 2. The van der Waals surface area contributed by atoms with Crippen LogP contribution in [0.1, 0.15) is 12.0 Å². The average molecular weight is 301 g/mol. The normalized spacial score (nSPS) is 11.8. The number of benzene rings is 1. The zero-order valence-corrected chi connectivity index (χ0v) is 12.0. The van der Waals surface area contributed by atoms with E-state index < -0.39 is 18.0 Å². The summed E-state index contributed by atoms with van der Waals surface area (Å²) in [6.45, 7) is 2.09. The number of anilines is 1. The molecule has 3 N–H and O–H groups in total. The summed E-state index contributed by atoms with van der Waals surface area (Å²) in [5.74, 6) is -1.11. The number of carbonyl (C=O) groups is 2. The second-order valence-electron chi connectivity index (χ2n) is 4.23. The number of rotatable bonds is 6. The Bertz CT molecular complexity index is 493. The van der Waals surface area contributed by atoms with Crippen molar-refractivity contribution in [3.05, 3.63) is 28.8 Å². The summed E-state index contributed by atoms with van der Waals surface area (Å²) in [4.78, 5) is 22.7. The van der Waals surface area contributed by atoms with E-state index in [0.717, 1.165) is 5.56 Å². The van der Waals surface area contributed by atoms with Crippen molar-refractivity contribution in [1.29, 1.82) is 0 Å². The second kappa shape index (κ2) is 7.72. The highest BCUT2D eigenvalue weighted by molar-refractivity contribution is 6.31. The summed E-state index contributed by atoms with van der Waals surface area (Å²) in [7, 11) is 1.47. The predicted octanol–water partition coefficient (Wildman–Crippen LogP) is 2.26. The maximum Gasteiger partial charge on any atom is 0.326 e. The number of aryl methyl sites for hydroxylation is 1. The van der Waals surface area contributed by atoms with Crippen LogP contribution in [0.5, 0.6) is 0 Å². The fourth-order valence-corrected chi connectivity index (χ4v) is 1.67. The topological polar surface area (TPSA) is 87.7 Å². The number of hydrogen-bond donors (Lipinski definition) is 3. The molecule has 0 aliphatic carbocycles. The third kappa shape index (κ3) is 5.07. The van der Waals surface area contributed by atoms with E-state index in [9.17, 15) is 9.59 Å². The van der Waals surface area contributed by atoms with Crippen molar-refractivity contribution in [2.45, 2.75) is 19.4 Å². The summed E-state index contributed by atoms with van der Waals surface area (Å²) in [6, 6.07) is 3.44. The molecule has 0 bridgehead atoms. The second-order valence-corrected chi connectivity index (χ2v) is 4.64. The molecule has 1 atom stereocenters. The van der Waals surface area contributed by atoms with Gasteiger partial charge in [0.25, 0.3) is 0 Å². The van der Waals surface area contributed by atoms with E-state index in [1.165, 1.54) is 7.11 Å². The number of ether oxygens (including phenoxy) is 1. The number of amides is 2. The van der Waals surface area contributed by atoms with Crippen LogP contribution in [0.4, 0.5) is 10.5 Å². The van der Waals surface area contributed by atoms with Crippen LogP contribution in [0, 0.1) is 6.92 Å². The number of aliphatic carboxylic acids is 1. The average Bonchev–Trinajstić information content (AvgIpc) is 2.38. The molecule has 0 saturated heterocycles. The number of carboxylic acid groups (broad SMARTS) is 1. The Morgan fingerprint density at radius 2 is 2.15 bits per heavy atom. The summed E-state index contributed by atoms with van der Waals surface area (Å²) in [5, 5.41) is 14.4. The van der Waals surface area contributed by atoms with Crippen molar-refractivity contribution < 1.29 is 19.4 Å². The van der Waals surface area contributed by atoms with Gasteiger partial charge in [0.15, 0.2) is 0 Å². The van der Waals surface area contributed by atoms with E-state index in [0.29, 0.717) is 10.7 Å². The highest BCUT2D eigenvalue weighted by Gasteiger charge is 2.19. The van der Waals surface area contributed by atoms with Gasteiger partial charge in [-0.3, -0.25) is 0 Å². The monoisotopic (exact) mass is 300 g/mol. The quantitative estimate of drug-likeness (QED) is 0.752. The molecule has 1 aromatic carbocycles. The number of carbonyl (C=O) groups excluding carboxylic acids is 1. The molecule has 110 valence electrons. The highest BCUT2D eigenvalue weighted by Crippen LogP contribution is 2.19. The van der Waals surface area contributed by atoms with Gasteiger partial charge in [-0.15, -0.1) is 0 Å². The molecule has 0 aliphatic heterocycles. The minimum absolute atomic E-state index is 0.188. The van der Waals surface area contributed by atoms with Crippen LogP contribution in [0.15, 0.2) is 18.2 Å². The fourth-order valence-electron chi connectivity index (χ4n) is 1.49. The predicted molar refractivity (Wildman–Crippen MR) is 76.3 cm³/mol. The number of halogens is 1. The van der Waals surface area contributed by atoms with E-state index in [-0.39, 0.29) is 13.0 Å². The Kier molecular flexibility index (Phi) is 6.27. The van der Waals surface area contributed by atoms with Gasteiger partial charge in [0.05, 0.1) is 0 Å². The van der Waals surface area contributed by atoms with Crippen molar-refractivity contribution in [3.63, 3.8) is 0 Å². The first-order valence-corrected chi connectivity index (χ1v) is 6.37. The number of carboxylic acids is 1. The lowest BCUT2D eigenvalue weighted by molar-refractivity contribution is -0.139. The van der Waals surface area contributed by atoms with Crippen LogP contribution in [0.3, 0.4) is 0 Å². The number of methoxy groups -OCH3 is 1. The molecular weight excluding hydrogens is 284 g/mol. The van der Waals surface area contributed by atoms with Gasteiger partial charge in [-0.1, -0.05) is 17.7 Å². The van der Waals surface area contributed by atoms with Crippen LogP contribution >= 0.6 is 11.6 Å². The number of hydrogen-bond acceptors (Lipinski definition) is 3. The third-order valence-electron chi connectivity index (χ3n) is 2.64. The molecule has 0 fully saturated rings. The first-order valence-electron chi connectivity index (χ1n) is 5.99. The minimum atomic E-state index is -1.11. The van der Waals surface area contributed by atoms with Gasteiger partial charge in [0.2, 0.25) is 0 Å². The Morgan fingerprint density at radius 3 is 2.70 bits per heavy atom. The molecule has 6 nitrogen and oxygen atoms in total. The Hall–Kier alpha value is -1.79. The first-order chi connectivity index (χ1) is 9.43. The summed E-state index contributed by atoms with van der Waals surface area (Å²) in [6.07, 6.45) is 0.188. The van der Waals surface area contributed by atoms with Crippen molar-refractivity contribution >= 4 is 29.3 Å². The molecule has 1 rings (SSSR count). The van der Waals surface area contributed by atoms with E-state index in [1.54, 1.807) is 18.2 Å². The Labute approximate surface area is 122 Å². The van der Waals surface area contributed by atoms with Crippen LogP contribution in [-0.4, -0.2) is 36.9 Å². The van der Waals surface area contributed by atoms with E-state index >= 15 is 0 Å². The van der Waals surface area contributed by atoms with Crippen molar-refractivity contribution in [1.82, 2.24) is 5.32 Å². The lowest BCUT2D eigenvalue weighted by atomic mass is 10.2. The molecule has 0 spiro atoms. The fraction of sp³-hybridized carbons (Fsp3) is 0.385. The lowest BCUT2D eigenvalue weighted by Gasteiger charge is -2.15. The molecule has 0 aromatic heterocycles. The van der Waals surface area contributed by atoms with Gasteiger partial charge in [-0.2, -0.15) is 0 Å². The van der Waals surface area contributed by atoms with Crippen LogP contribution < -0.4 is 10.6 Å². The molecule has 2 amide bonds. The third-order valence-corrected chi connectivity index (χ3v) is 3.05. The standard InChI is InChI=1S/C13H17ClN2O4/c1-8-3-4-9(7-10(8)14)15-13(19)16-11(12(17)18)5-6-20-2/h3-4,7,11H,5-6H2,1-2H3,(H,17,18)(H2,15,16,19). The Balaban J connectivity index is 2.60. The Morgan fingerprint density at radius 1 is 1.45 bits per heavy atom. The maximum absolute atomic E-state index is 11.7. The zero-order chi connectivity index (χ0) is 15.1. The zero-order valence-electron chi connectivity index (χ0n) is 11.3. The van der Waals surface area contributed by atoms with Crippen molar-refractivity contribution in [2.75, 3.05) is 19.0 Å². The van der Waals surface area contributed by atoms with E-state index in [4.69, 9.17) is 21.4 Å². The minimum Gasteiger partial charge on any atom is -0.480 e. The van der Waals surface area contributed by atoms with Gasteiger partial charge >= 0.3 is 12.0 Å². The van der Waals surface area contributed by atoms with Gasteiger partial charge in [-0.05, 0) is 24.6 Å². The molecule has 0 heterocycles. The highest BCUT2D eigenvalue weighted by atomic mass is 35.5. The van der Waals surface area contributed by atoms with Gasteiger partial charge in [0, 0.05) is 30.8 Å². The molecule has 0 saturated carbocycles. The van der Waals surface area contributed by atoms with Crippen LogP contribution in [-0.2, 0) is 9.53 Å². The number of urea groups is 1. The SMILES string of the molecule is COCCC(NC(=O)Nc1ccc(C)c(Cl)c1)C(=O)O. The maximum atomic E-state index is 11.7. The molecule has 0 radical (unpaired) electrons. The molecule has 1 aromatic rings. The van der Waals surface area contributed by atoms with E-state index in [1.807, 2.05) is 6.92 Å². The molecule has 1 unspecified atom stereocenters. The summed E-state index contributed by atoms with van der Waals surface area (Å²) < 4.78 is 4.80. The first kappa shape index (κ1) is 16.3. The van der Waals surface area contributed by atoms with Crippen molar-refractivity contribution in [2.24, 2.45) is 0 Å². The molecule has 0 aliphatic rings. The summed E-state index contributed by atoms with van der Waals surface area (Å²) in [5.41, 5.74) is 1.38. The molecule has 7 heteroatoms. The van der Waals surface area contributed by atoms with Crippen LogP contribution in [0.2, 0.25) is 5.02 Å². The lowest BCUT2D eigenvalue weighted by Crippen LogP contribution is -2.43. The van der Waals surface area contributed by atoms with Gasteiger partial charge in [0.1, 0.15) is 6.04 Å². The van der Waals surface area contributed by atoms with Gasteiger partial charge < -0.3 is 20.5 Å². The van der Waals surface area contributed by atoms with Crippen molar-refractivity contribution in [3.8, 4) is 0 Å². The largest absolute Gasteiger partial charge is 0.480 e. The smallest absolute Gasteiger partial charge is 0.326 e. The van der Waals surface area contributed by atoms with E-state index in [2.05, 4.69) is 10.6 Å². The van der Waals surface area contributed by atoms with Gasteiger partial charge in [-0.25, -0.2) is 9.59 Å². The summed E-state index contributed by atoms with van der Waals surface area (Å²) >= 11 is 5.94. The van der Waals surface area contributed by atoms with Crippen LogP contribution in [0.25, 0.3) is 0 Å². The molecule has 20 heavy (non-hydrogen) atoms.